The zero-order chi connectivity index (χ0) is 34.5. The van der Waals surface area contributed by atoms with Gasteiger partial charge in [0.2, 0.25) is 0 Å². The van der Waals surface area contributed by atoms with Crippen LogP contribution in [0.25, 0.3) is 28.0 Å². The average molecular weight is 650 g/mol. The molecule has 7 rings (SSSR count). The number of ketones is 1. The van der Waals surface area contributed by atoms with Gasteiger partial charge in [-0.3, -0.25) is 9.59 Å². The maximum absolute atomic E-state index is 14.5. The summed E-state index contributed by atoms with van der Waals surface area (Å²) in [4.78, 5) is 45.2. The molecule has 1 aliphatic carbocycles. The number of allylic oxidation sites excluding steroid dienone is 2. The zero-order valence-corrected chi connectivity index (χ0v) is 28.2. The summed E-state index contributed by atoms with van der Waals surface area (Å²) in [6.07, 6.45) is 5.24. The molecule has 0 saturated heterocycles. The highest BCUT2D eigenvalue weighted by Crippen LogP contribution is 2.55. The van der Waals surface area contributed by atoms with E-state index in [2.05, 4.69) is 49.6 Å². The molecule has 49 heavy (non-hydrogen) atoms. The van der Waals surface area contributed by atoms with E-state index in [4.69, 9.17) is 4.98 Å². The third kappa shape index (κ3) is 5.69. The number of imidazole rings is 1. The lowest BCUT2D eigenvalue weighted by Crippen LogP contribution is -2.48. The molecule has 7 nitrogen and oxygen atoms in total. The maximum Gasteiger partial charge on any atom is 0.335 e. The smallest absolute Gasteiger partial charge is 0.335 e. The molecule has 5 aromatic rings. The number of benzene rings is 4. The molecule has 4 aromatic carbocycles. The molecule has 246 valence electrons. The van der Waals surface area contributed by atoms with E-state index in [0.29, 0.717) is 42.1 Å². The molecule has 7 heteroatoms. The monoisotopic (exact) mass is 649 g/mol. The number of carboxylic acid groups (broad SMARTS) is 1. The number of hydrogen-bond donors (Lipinski definition) is 1. The fraction of sp³-hybridized carbons (Fsp3) is 0.238. The van der Waals surface area contributed by atoms with Crippen LogP contribution in [0, 0.1) is 10.8 Å². The van der Waals surface area contributed by atoms with Crippen molar-refractivity contribution < 1.29 is 19.5 Å². The molecular formula is C42H39N3O4. The molecule has 0 radical (unpaired) electrons. The third-order valence-electron chi connectivity index (χ3n) is 10.3. The van der Waals surface area contributed by atoms with Crippen LogP contribution in [-0.4, -0.2) is 50.3 Å². The number of carbonyl (C=O) groups is 3. The first-order valence-electron chi connectivity index (χ1n) is 16.7. The Balaban J connectivity index is 1.23. The summed E-state index contributed by atoms with van der Waals surface area (Å²) in [5.74, 6) is -0.325. The molecule has 0 unspecified atom stereocenters. The van der Waals surface area contributed by atoms with Crippen LogP contribution in [-0.2, 0) is 6.54 Å². The van der Waals surface area contributed by atoms with Gasteiger partial charge in [-0.25, -0.2) is 9.78 Å². The Kier molecular flexibility index (Phi) is 7.94. The predicted octanol–water partition coefficient (Wildman–Crippen LogP) is 8.55. The summed E-state index contributed by atoms with van der Waals surface area (Å²) >= 11 is 0. The molecule has 0 bridgehead atoms. The van der Waals surface area contributed by atoms with Gasteiger partial charge in [-0.05, 0) is 66.4 Å². The lowest BCUT2D eigenvalue weighted by molar-refractivity contribution is 0.0679. The largest absolute Gasteiger partial charge is 0.478 e. The number of carbonyl (C=O) groups excluding carboxylic acids is 2. The lowest BCUT2D eigenvalue weighted by Gasteiger charge is -2.50. The van der Waals surface area contributed by atoms with Crippen molar-refractivity contribution in [2.24, 2.45) is 10.8 Å². The highest BCUT2D eigenvalue weighted by Gasteiger charge is 2.46. The average Bonchev–Trinajstić information content (AvgIpc) is 3.45. The predicted molar refractivity (Wildman–Crippen MR) is 193 cm³/mol. The van der Waals surface area contributed by atoms with Gasteiger partial charge in [-0.15, -0.1) is 0 Å². The first-order chi connectivity index (χ1) is 23.5. The van der Waals surface area contributed by atoms with E-state index in [9.17, 15) is 19.5 Å². The van der Waals surface area contributed by atoms with Crippen molar-refractivity contribution in [2.45, 2.75) is 40.7 Å². The molecular weight excluding hydrogens is 610 g/mol. The number of aromatic nitrogens is 2. The minimum absolute atomic E-state index is 0.0217. The van der Waals surface area contributed by atoms with Crippen LogP contribution in [0.1, 0.15) is 76.3 Å². The van der Waals surface area contributed by atoms with Crippen molar-refractivity contribution in [3.63, 3.8) is 0 Å². The van der Waals surface area contributed by atoms with Gasteiger partial charge in [0.15, 0.2) is 5.78 Å². The van der Waals surface area contributed by atoms with E-state index in [1.165, 1.54) is 11.1 Å². The van der Waals surface area contributed by atoms with Crippen molar-refractivity contribution in [3.8, 4) is 11.4 Å². The topological polar surface area (TPSA) is 92.5 Å². The Morgan fingerprint density at radius 3 is 2.24 bits per heavy atom. The van der Waals surface area contributed by atoms with Crippen molar-refractivity contribution in [1.82, 2.24) is 14.5 Å². The summed E-state index contributed by atoms with van der Waals surface area (Å²) in [7, 11) is 0. The molecule has 2 aliphatic rings. The second kappa shape index (κ2) is 12.2. The quantitative estimate of drug-likeness (QED) is 0.141. The van der Waals surface area contributed by atoms with E-state index >= 15 is 0 Å². The molecule has 2 heterocycles. The minimum Gasteiger partial charge on any atom is -0.478 e. The van der Waals surface area contributed by atoms with E-state index in [-0.39, 0.29) is 28.1 Å². The van der Waals surface area contributed by atoms with E-state index in [1.807, 2.05) is 77.7 Å². The molecule has 0 saturated carbocycles. The van der Waals surface area contributed by atoms with Crippen LogP contribution in [0.15, 0.2) is 115 Å². The molecule has 1 N–H and O–H groups in total. The zero-order valence-electron chi connectivity index (χ0n) is 28.2. The Bertz CT molecular complexity index is 2190. The van der Waals surface area contributed by atoms with Crippen molar-refractivity contribution >= 4 is 34.3 Å². The number of fused-ring (bicyclic) bond motifs is 2. The van der Waals surface area contributed by atoms with Gasteiger partial charge in [0.1, 0.15) is 5.82 Å². The Labute approximate surface area is 286 Å². The lowest BCUT2D eigenvalue weighted by atomic mass is 9.58. The number of carboxylic acids is 1. The van der Waals surface area contributed by atoms with Gasteiger partial charge in [0, 0.05) is 41.6 Å². The van der Waals surface area contributed by atoms with Gasteiger partial charge in [0.05, 0.1) is 22.2 Å². The number of aromatic carboxylic acids is 1. The summed E-state index contributed by atoms with van der Waals surface area (Å²) in [5.41, 5.74) is 7.83. The van der Waals surface area contributed by atoms with Crippen LogP contribution >= 0.6 is 0 Å². The second-order valence-electron chi connectivity index (χ2n) is 14.0. The SMILES string of the molecule is CC(=O)c1ccc2c(c1)nc(-c1ccccc1C(=O)N1CC=C3C(C)(C)C(c4ccc(C(=O)O)cc4)=CC[C@]3(C)C1)n2Cc1ccccc1. The van der Waals surface area contributed by atoms with Gasteiger partial charge in [-0.2, -0.15) is 0 Å². The Morgan fingerprint density at radius 1 is 0.837 bits per heavy atom. The number of nitrogens with zero attached hydrogens (tertiary/aromatic N) is 3. The third-order valence-corrected chi connectivity index (χ3v) is 10.3. The van der Waals surface area contributed by atoms with E-state index < -0.39 is 5.97 Å². The second-order valence-corrected chi connectivity index (χ2v) is 14.0. The molecule has 1 atom stereocenters. The standard InChI is InChI=1S/C42H39N3O4/c1-27(46)31-18-19-36-35(24-31)43-38(45(36)25-28-10-6-5-7-11-28)32-12-8-9-13-33(32)39(47)44-23-21-37-41(2,3)34(20-22-42(37,4)26-44)29-14-16-30(17-15-29)40(48)49/h5-21,24H,22-23,25-26H2,1-4H3,(H,48,49)/t42-/m1/s1. The fourth-order valence-corrected chi connectivity index (χ4v) is 7.87. The normalized spacial score (nSPS) is 18.4. The first-order valence-corrected chi connectivity index (χ1v) is 16.7. The summed E-state index contributed by atoms with van der Waals surface area (Å²) in [6, 6.07) is 30.6. The van der Waals surface area contributed by atoms with Crippen molar-refractivity contribution in [1.29, 1.82) is 0 Å². The number of rotatable bonds is 7. The van der Waals surface area contributed by atoms with Gasteiger partial charge >= 0.3 is 5.97 Å². The van der Waals surface area contributed by atoms with Crippen LogP contribution in [0.3, 0.4) is 0 Å². The number of hydrogen-bond acceptors (Lipinski definition) is 4. The summed E-state index contributed by atoms with van der Waals surface area (Å²) in [6.45, 7) is 9.83. The fourth-order valence-electron chi connectivity index (χ4n) is 7.87. The van der Waals surface area contributed by atoms with E-state index in [0.717, 1.165) is 28.6 Å². The van der Waals surface area contributed by atoms with Crippen molar-refractivity contribution in [2.75, 3.05) is 13.1 Å². The van der Waals surface area contributed by atoms with Gasteiger partial charge < -0.3 is 14.6 Å². The minimum atomic E-state index is -0.937. The highest BCUT2D eigenvalue weighted by molar-refractivity contribution is 6.02. The molecule has 1 aliphatic heterocycles. The molecule has 0 fully saturated rings. The Hall–Kier alpha value is -5.56. The van der Waals surface area contributed by atoms with Gasteiger partial charge in [0.25, 0.3) is 5.91 Å². The van der Waals surface area contributed by atoms with Crippen LogP contribution in [0.4, 0.5) is 0 Å². The molecule has 1 aromatic heterocycles. The Morgan fingerprint density at radius 2 is 1.53 bits per heavy atom. The van der Waals surface area contributed by atoms with E-state index in [1.54, 1.807) is 19.1 Å². The van der Waals surface area contributed by atoms with Crippen LogP contribution in [0.5, 0.6) is 0 Å². The first kappa shape index (κ1) is 32.0. The number of Topliss-reactive ketones (excluding diaryl/α,β-unsaturated/α-hetero) is 1. The van der Waals surface area contributed by atoms with Crippen LogP contribution < -0.4 is 0 Å². The van der Waals surface area contributed by atoms with Crippen molar-refractivity contribution in [3.05, 3.63) is 143 Å². The highest BCUT2D eigenvalue weighted by atomic mass is 16.4. The molecule has 1 amide bonds. The maximum atomic E-state index is 14.5. The van der Waals surface area contributed by atoms with Crippen LogP contribution in [0.2, 0.25) is 0 Å². The molecule has 0 spiro atoms. The summed E-state index contributed by atoms with van der Waals surface area (Å²) < 4.78 is 2.13. The van der Waals surface area contributed by atoms with Gasteiger partial charge in [-0.1, -0.05) is 99.2 Å². The summed E-state index contributed by atoms with van der Waals surface area (Å²) in [5, 5.41) is 9.37. The number of amides is 1.